The Morgan fingerprint density at radius 1 is 0.963 bits per heavy atom. The lowest BCUT2D eigenvalue weighted by Crippen LogP contribution is -2.00. The van der Waals surface area contributed by atoms with Gasteiger partial charge in [0.15, 0.2) is 17.3 Å². The Bertz CT molecular complexity index is 865. The molecule has 27 heavy (non-hydrogen) atoms. The molecule has 0 saturated heterocycles. The summed E-state index contributed by atoms with van der Waals surface area (Å²) in [7, 11) is 6.17. The molecular weight excluding hydrogens is 368 g/mol. The van der Waals surface area contributed by atoms with Crippen molar-refractivity contribution in [3.8, 4) is 28.7 Å². The van der Waals surface area contributed by atoms with Crippen LogP contribution in [0.2, 0.25) is 0 Å². The van der Waals surface area contributed by atoms with Gasteiger partial charge >= 0.3 is 0 Å². The smallest absolute Gasteiger partial charge is 0.203 e. The van der Waals surface area contributed by atoms with Crippen molar-refractivity contribution < 1.29 is 28.5 Å². The van der Waals surface area contributed by atoms with Crippen LogP contribution in [0.25, 0.3) is 6.08 Å². The van der Waals surface area contributed by atoms with Gasteiger partial charge in [0.2, 0.25) is 5.75 Å². The van der Waals surface area contributed by atoms with Gasteiger partial charge in [0.05, 0.1) is 38.9 Å². The zero-order valence-corrected chi connectivity index (χ0v) is 16.3. The third-order valence-electron chi connectivity index (χ3n) is 4.07. The lowest BCUT2D eigenvalue weighted by atomic mass is 10.1. The van der Waals surface area contributed by atoms with Crippen LogP contribution in [0, 0.1) is 0 Å². The van der Waals surface area contributed by atoms with Gasteiger partial charge in [-0.15, -0.1) is 0 Å². The Labute approximate surface area is 162 Å². The number of carbonyl (C=O) groups excluding carboxylic acids is 1. The van der Waals surface area contributed by atoms with E-state index in [1.807, 2.05) is 0 Å². The van der Waals surface area contributed by atoms with E-state index >= 15 is 0 Å². The monoisotopic (exact) mass is 388 g/mol. The number of ether oxygens (including phenoxy) is 5. The van der Waals surface area contributed by atoms with E-state index in [0.717, 1.165) is 16.2 Å². The van der Waals surface area contributed by atoms with Crippen molar-refractivity contribution in [2.45, 2.75) is 4.90 Å². The summed E-state index contributed by atoms with van der Waals surface area (Å²) in [5.41, 5.74) is 1.23. The van der Waals surface area contributed by atoms with Crippen molar-refractivity contribution in [3.05, 3.63) is 41.5 Å². The Balaban J connectivity index is 1.91. The number of fused-ring (bicyclic) bond motifs is 1. The predicted octanol–water partition coefficient (Wildman–Crippen LogP) is 4.06. The number of thioether (sulfide) groups is 1. The number of hydrogen-bond donors (Lipinski definition) is 0. The van der Waals surface area contributed by atoms with Crippen molar-refractivity contribution in [2.24, 2.45) is 0 Å². The summed E-state index contributed by atoms with van der Waals surface area (Å²) >= 11 is 1.55. The van der Waals surface area contributed by atoms with Crippen LogP contribution in [0.5, 0.6) is 28.7 Å². The molecule has 3 rings (SSSR count). The van der Waals surface area contributed by atoms with Crippen molar-refractivity contribution in [3.63, 3.8) is 0 Å². The lowest BCUT2D eigenvalue weighted by molar-refractivity contribution is 0.104. The van der Waals surface area contributed by atoms with E-state index < -0.39 is 0 Å². The molecule has 2 aromatic carbocycles. The maximum Gasteiger partial charge on any atom is 0.203 e. The quantitative estimate of drug-likeness (QED) is 0.523. The molecule has 0 spiro atoms. The summed E-state index contributed by atoms with van der Waals surface area (Å²) in [5, 5.41) is 0. The summed E-state index contributed by atoms with van der Waals surface area (Å²) in [6.45, 7) is 0. The van der Waals surface area contributed by atoms with Crippen LogP contribution < -0.4 is 23.7 Å². The fraction of sp³-hybridized carbons (Fsp3) is 0.250. The van der Waals surface area contributed by atoms with Gasteiger partial charge in [0.1, 0.15) is 17.4 Å². The van der Waals surface area contributed by atoms with Crippen LogP contribution in [0.15, 0.2) is 35.2 Å². The summed E-state index contributed by atoms with van der Waals surface area (Å²) in [4.78, 5) is 13.7. The maximum atomic E-state index is 12.7. The molecule has 0 aliphatic carbocycles. The SMILES string of the molecule is COc1cc2c(cc1C(=O)/C=C/c1cc(OC)c(OC)c(OC)c1)SCO2. The number of rotatable bonds is 7. The van der Waals surface area contributed by atoms with Crippen LogP contribution in [0.4, 0.5) is 0 Å². The minimum Gasteiger partial charge on any atom is -0.496 e. The highest BCUT2D eigenvalue weighted by Crippen LogP contribution is 2.41. The van der Waals surface area contributed by atoms with Gasteiger partial charge in [-0.1, -0.05) is 17.8 Å². The molecule has 142 valence electrons. The minimum atomic E-state index is -0.170. The zero-order chi connectivity index (χ0) is 19.4. The molecule has 1 heterocycles. The fourth-order valence-corrected chi connectivity index (χ4v) is 3.52. The summed E-state index contributed by atoms with van der Waals surface area (Å²) < 4.78 is 26.8. The number of methoxy groups -OCH3 is 4. The number of carbonyl (C=O) groups is 1. The third kappa shape index (κ3) is 3.83. The van der Waals surface area contributed by atoms with Gasteiger partial charge in [0, 0.05) is 6.07 Å². The molecule has 0 bridgehead atoms. The molecule has 0 unspecified atom stereocenters. The first-order valence-electron chi connectivity index (χ1n) is 8.11. The summed E-state index contributed by atoms with van der Waals surface area (Å²) in [5.74, 6) is 3.13. The molecule has 0 atom stereocenters. The first-order valence-corrected chi connectivity index (χ1v) is 9.09. The molecule has 2 aromatic rings. The first kappa shape index (κ1) is 19.0. The average Bonchev–Trinajstić information content (AvgIpc) is 3.17. The number of hydrogen-bond acceptors (Lipinski definition) is 7. The first-order chi connectivity index (χ1) is 13.1. The van der Waals surface area contributed by atoms with E-state index in [-0.39, 0.29) is 5.78 Å². The van der Waals surface area contributed by atoms with Crippen LogP contribution in [-0.2, 0) is 0 Å². The molecule has 0 fully saturated rings. The Kier molecular flexibility index (Phi) is 5.81. The maximum absolute atomic E-state index is 12.7. The highest BCUT2D eigenvalue weighted by molar-refractivity contribution is 7.99. The van der Waals surface area contributed by atoms with Gasteiger partial charge in [0.25, 0.3) is 0 Å². The number of benzene rings is 2. The van der Waals surface area contributed by atoms with Crippen LogP contribution in [-0.4, -0.2) is 40.2 Å². The van der Waals surface area contributed by atoms with E-state index in [4.69, 9.17) is 23.7 Å². The van der Waals surface area contributed by atoms with Gasteiger partial charge in [-0.05, 0) is 29.8 Å². The average molecular weight is 388 g/mol. The Morgan fingerprint density at radius 3 is 2.22 bits per heavy atom. The van der Waals surface area contributed by atoms with Gasteiger partial charge < -0.3 is 23.7 Å². The largest absolute Gasteiger partial charge is 0.496 e. The van der Waals surface area contributed by atoms with Gasteiger partial charge in [-0.25, -0.2) is 0 Å². The highest BCUT2D eigenvalue weighted by Gasteiger charge is 2.20. The highest BCUT2D eigenvalue weighted by atomic mass is 32.2. The standard InChI is InChI=1S/C20H20O6S/c1-22-15-10-16-19(27-11-26-16)9-13(15)14(21)6-5-12-7-17(23-2)20(25-4)18(8-12)24-3/h5-10H,11H2,1-4H3/b6-5+. The molecule has 1 aliphatic heterocycles. The summed E-state index contributed by atoms with van der Waals surface area (Å²) in [6.07, 6.45) is 3.19. The van der Waals surface area contributed by atoms with E-state index in [2.05, 4.69) is 0 Å². The molecule has 1 aliphatic rings. The lowest BCUT2D eigenvalue weighted by Gasteiger charge is -2.12. The molecule has 7 heteroatoms. The van der Waals surface area contributed by atoms with Gasteiger partial charge in [-0.3, -0.25) is 4.79 Å². The molecule has 0 N–H and O–H groups in total. The number of allylic oxidation sites excluding steroid dienone is 1. The Hall–Kier alpha value is -2.80. The Morgan fingerprint density at radius 2 is 1.63 bits per heavy atom. The predicted molar refractivity (Wildman–Crippen MR) is 104 cm³/mol. The van der Waals surface area contributed by atoms with Crippen molar-refractivity contribution in [1.82, 2.24) is 0 Å². The van der Waals surface area contributed by atoms with Crippen molar-refractivity contribution >= 4 is 23.6 Å². The number of ketones is 1. The normalized spacial score (nSPS) is 12.4. The molecular formula is C20H20O6S. The van der Waals surface area contributed by atoms with Crippen LogP contribution >= 0.6 is 11.8 Å². The molecule has 0 radical (unpaired) electrons. The topological polar surface area (TPSA) is 63.2 Å². The van der Waals surface area contributed by atoms with E-state index in [9.17, 15) is 4.79 Å². The van der Waals surface area contributed by atoms with Crippen LogP contribution in [0.1, 0.15) is 15.9 Å². The van der Waals surface area contributed by atoms with E-state index in [1.54, 1.807) is 63.4 Å². The molecule has 0 amide bonds. The fourth-order valence-electron chi connectivity index (χ4n) is 2.74. The second kappa shape index (κ2) is 8.26. The summed E-state index contributed by atoms with van der Waals surface area (Å²) in [6, 6.07) is 7.09. The van der Waals surface area contributed by atoms with E-state index in [0.29, 0.717) is 34.5 Å². The molecule has 6 nitrogen and oxygen atoms in total. The third-order valence-corrected chi connectivity index (χ3v) is 4.94. The molecule has 0 aromatic heterocycles. The van der Waals surface area contributed by atoms with Crippen molar-refractivity contribution in [1.29, 1.82) is 0 Å². The van der Waals surface area contributed by atoms with Crippen molar-refractivity contribution in [2.75, 3.05) is 34.4 Å². The van der Waals surface area contributed by atoms with Crippen LogP contribution in [0.3, 0.4) is 0 Å². The second-order valence-corrected chi connectivity index (χ2v) is 6.53. The minimum absolute atomic E-state index is 0.170. The molecule has 0 saturated carbocycles. The zero-order valence-electron chi connectivity index (χ0n) is 15.5. The van der Waals surface area contributed by atoms with Gasteiger partial charge in [-0.2, -0.15) is 0 Å². The van der Waals surface area contributed by atoms with E-state index in [1.165, 1.54) is 13.2 Å². The second-order valence-electron chi connectivity index (χ2n) is 5.56.